The molecular weight excluding hydrogens is 190 g/mol. The van der Waals surface area contributed by atoms with Crippen LogP contribution in [0.15, 0.2) is 24.7 Å². The molecule has 76 valence electrons. The van der Waals surface area contributed by atoms with Gasteiger partial charge in [0.1, 0.15) is 12.1 Å². The zero-order valence-electron chi connectivity index (χ0n) is 8.22. The molecule has 0 saturated carbocycles. The van der Waals surface area contributed by atoms with Gasteiger partial charge in [0, 0.05) is 24.5 Å². The minimum atomic E-state index is 0.779. The van der Waals surface area contributed by atoms with Gasteiger partial charge in [0.05, 0.1) is 0 Å². The highest BCUT2D eigenvalue weighted by Gasteiger charge is 2.13. The fourth-order valence-corrected chi connectivity index (χ4v) is 1.82. The van der Waals surface area contributed by atoms with Crippen LogP contribution in [-0.4, -0.2) is 19.7 Å². The van der Waals surface area contributed by atoms with E-state index in [0.717, 1.165) is 24.6 Å². The number of nitrogens with one attached hydrogen (secondary N) is 1. The fraction of sp³-hybridized carbons (Fsp3) is 0.300. The number of nitrogens with zero attached hydrogens (tertiary/aromatic N) is 4. The van der Waals surface area contributed by atoms with E-state index in [9.17, 15) is 0 Å². The van der Waals surface area contributed by atoms with E-state index in [0.29, 0.717) is 0 Å². The summed E-state index contributed by atoms with van der Waals surface area (Å²) in [6.07, 6.45) is 5.56. The van der Waals surface area contributed by atoms with E-state index in [4.69, 9.17) is 0 Å². The summed E-state index contributed by atoms with van der Waals surface area (Å²) in [6.45, 7) is 1.03. The molecule has 3 rings (SSSR count). The third-order valence-electron chi connectivity index (χ3n) is 2.50. The van der Waals surface area contributed by atoms with Crippen LogP contribution in [0.5, 0.6) is 0 Å². The van der Waals surface area contributed by atoms with Crippen LogP contribution in [0.25, 0.3) is 0 Å². The molecule has 0 aliphatic carbocycles. The van der Waals surface area contributed by atoms with Gasteiger partial charge in [0.25, 0.3) is 0 Å². The maximum atomic E-state index is 4.43. The summed E-state index contributed by atoms with van der Waals surface area (Å²) in [5, 5.41) is 7.58. The van der Waals surface area contributed by atoms with Gasteiger partial charge >= 0.3 is 0 Å². The average molecular weight is 201 g/mol. The Morgan fingerprint density at radius 3 is 3.13 bits per heavy atom. The van der Waals surface area contributed by atoms with E-state index < -0.39 is 0 Å². The van der Waals surface area contributed by atoms with Gasteiger partial charge in [0.15, 0.2) is 5.82 Å². The molecule has 0 spiro atoms. The lowest BCUT2D eigenvalue weighted by molar-refractivity contribution is 0.659. The maximum absolute atomic E-state index is 4.43. The molecule has 0 bridgehead atoms. The molecular formula is C10H11N5. The third-order valence-corrected chi connectivity index (χ3v) is 2.50. The van der Waals surface area contributed by atoms with Crippen molar-refractivity contribution in [2.24, 2.45) is 0 Å². The Morgan fingerprint density at radius 1 is 1.33 bits per heavy atom. The van der Waals surface area contributed by atoms with Crippen molar-refractivity contribution in [1.82, 2.24) is 19.7 Å². The molecule has 0 fully saturated rings. The molecule has 0 radical (unpaired) electrons. The second-order valence-corrected chi connectivity index (χ2v) is 3.57. The van der Waals surface area contributed by atoms with Crippen molar-refractivity contribution in [2.75, 3.05) is 5.32 Å². The molecule has 0 atom stereocenters. The van der Waals surface area contributed by atoms with Gasteiger partial charge in [-0.25, -0.2) is 9.97 Å². The Bertz CT molecular complexity index is 440. The molecule has 0 aromatic carbocycles. The largest absolute Gasteiger partial charge is 0.323 e. The summed E-state index contributed by atoms with van der Waals surface area (Å²) in [4.78, 5) is 7.95. The van der Waals surface area contributed by atoms with E-state index in [1.165, 1.54) is 18.4 Å². The van der Waals surface area contributed by atoms with Crippen molar-refractivity contribution in [3.05, 3.63) is 30.4 Å². The molecule has 2 aromatic heterocycles. The van der Waals surface area contributed by atoms with Gasteiger partial charge in [-0.3, -0.25) is 4.68 Å². The Kier molecular flexibility index (Phi) is 1.87. The summed E-state index contributed by atoms with van der Waals surface area (Å²) in [5.41, 5.74) is 1.30. The lowest BCUT2D eigenvalue weighted by Gasteiger charge is -1.99. The van der Waals surface area contributed by atoms with E-state index in [2.05, 4.69) is 26.4 Å². The summed E-state index contributed by atoms with van der Waals surface area (Å²) in [5.74, 6) is 1.64. The highest BCUT2D eigenvalue weighted by Crippen LogP contribution is 2.19. The van der Waals surface area contributed by atoms with Gasteiger partial charge in [0.2, 0.25) is 0 Å². The molecule has 1 aliphatic heterocycles. The second kappa shape index (κ2) is 3.34. The van der Waals surface area contributed by atoms with Crippen molar-refractivity contribution < 1.29 is 0 Å². The van der Waals surface area contributed by atoms with Crippen molar-refractivity contribution in [3.8, 4) is 0 Å². The van der Waals surface area contributed by atoms with E-state index >= 15 is 0 Å². The van der Waals surface area contributed by atoms with Gasteiger partial charge in [-0.2, -0.15) is 5.10 Å². The quantitative estimate of drug-likeness (QED) is 0.797. The predicted octanol–water partition coefficient (Wildman–Crippen LogP) is 1.36. The molecule has 1 aliphatic rings. The SMILES string of the molecule is c1cc(Nc2cc3n(n2)CCC3)ncn1. The zero-order chi connectivity index (χ0) is 10.1. The van der Waals surface area contributed by atoms with E-state index in [1.807, 2.05) is 10.7 Å². The van der Waals surface area contributed by atoms with Crippen LogP contribution < -0.4 is 5.32 Å². The van der Waals surface area contributed by atoms with Crippen LogP contribution in [0.1, 0.15) is 12.1 Å². The van der Waals surface area contributed by atoms with Crippen LogP contribution in [0, 0.1) is 0 Å². The van der Waals surface area contributed by atoms with E-state index in [-0.39, 0.29) is 0 Å². The molecule has 5 heteroatoms. The van der Waals surface area contributed by atoms with Crippen LogP contribution in [-0.2, 0) is 13.0 Å². The molecule has 2 aromatic rings. The lowest BCUT2D eigenvalue weighted by atomic mass is 10.3. The number of fused-ring (bicyclic) bond motifs is 1. The number of rotatable bonds is 2. The molecule has 1 N–H and O–H groups in total. The van der Waals surface area contributed by atoms with Crippen LogP contribution >= 0.6 is 0 Å². The number of anilines is 2. The highest BCUT2D eigenvalue weighted by molar-refractivity contribution is 5.51. The standard InChI is InChI=1S/C10H11N5/c1-2-8-6-10(14-15(8)5-1)13-9-3-4-11-7-12-9/h3-4,6-7H,1-2,5H2,(H,11,12,13,14). The molecule has 0 unspecified atom stereocenters. The van der Waals surface area contributed by atoms with E-state index in [1.54, 1.807) is 6.20 Å². The first-order valence-electron chi connectivity index (χ1n) is 5.01. The summed E-state index contributed by atoms with van der Waals surface area (Å²) in [7, 11) is 0. The smallest absolute Gasteiger partial charge is 0.153 e. The number of aryl methyl sites for hydroxylation is 2. The summed E-state index contributed by atoms with van der Waals surface area (Å²) < 4.78 is 2.05. The summed E-state index contributed by atoms with van der Waals surface area (Å²) >= 11 is 0. The van der Waals surface area contributed by atoms with Crippen molar-refractivity contribution in [1.29, 1.82) is 0 Å². The van der Waals surface area contributed by atoms with Gasteiger partial charge in [-0.1, -0.05) is 0 Å². The minimum Gasteiger partial charge on any atom is -0.323 e. The van der Waals surface area contributed by atoms with Gasteiger partial charge < -0.3 is 5.32 Å². The first kappa shape index (κ1) is 8.40. The second-order valence-electron chi connectivity index (χ2n) is 3.57. The van der Waals surface area contributed by atoms with Gasteiger partial charge in [-0.05, 0) is 18.9 Å². The number of hydrogen-bond acceptors (Lipinski definition) is 4. The van der Waals surface area contributed by atoms with Crippen LogP contribution in [0.4, 0.5) is 11.6 Å². The average Bonchev–Trinajstić information content (AvgIpc) is 2.79. The van der Waals surface area contributed by atoms with Crippen LogP contribution in [0.3, 0.4) is 0 Å². The van der Waals surface area contributed by atoms with Crippen molar-refractivity contribution >= 4 is 11.6 Å². The monoisotopic (exact) mass is 201 g/mol. The van der Waals surface area contributed by atoms with Crippen molar-refractivity contribution in [2.45, 2.75) is 19.4 Å². The Morgan fingerprint density at radius 2 is 2.33 bits per heavy atom. The Balaban J connectivity index is 1.83. The number of hydrogen-bond donors (Lipinski definition) is 1. The molecule has 0 amide bonds. The first-order chi connectivity index (χ1) is 7.42. The molecule has 3 heterocycles. The number of aromatic nitrogens is 4. The van der Waals surface area contributed by atoms with Gasteiger partial charge in [-0.15, -0.1) is 0 Å². The topological polar surface area (TPSA) is 55.6 Å². The van der Waals surface area contributed by atoms with Crippen molar-refractivity contribution in [3.63, 3.8) is 0 Å². The Labute approximate surface area is 87.2 Å². The molecule has 5 nitrogen and oxygen atoms in total. The fourth-order valence-electron chi connectivity index (χ4n) is 1.82. The Hall–Kier alpha value is -1.91. The van der Waals surface area contributed by atoms with Crippen LogP contribution in [0.2, 0.25) is 0 Å². The summed E-state index contributed by atoms with van der Waals surface area (Å²) in [6, 6.07) is 3.90. The zero-order valence-corrected chi connectivity index (χ0v) is 8.22. The third kappa shape index (κ3) is 1.56. The predicted molar refractivity (Wildman–Crippen MR) is 55.9 cm³/mol. The minimum absolute atomic E-state index is 0.779. The molecule has 15 heavy (non-hydrogen) atoms. The highest BCUT2D eigenvalue weighted by atomic mass is 15.3. The lowest BCUT2D eigenvalue weighted by Crippen LogP contribution is -1.97. The molecule has 0 saturated heterocycles. The first-order valence-corrected chi connectivity index (χ1v) is 5.01. The normalized spacial score (nSPS) is 13.9. The maximum Gasteiger partial charge on any atom is 0.153 e.